The predicted octanol–water partition coefficient (Wildman–Crippen LogP) is 2.39. The Bertz CT molecular complexity index is 1040. The second kappa shape index (κ2) is 13.6. The second-order valence-electron chi connectivity index (χ2n) is 9.35. The molecule has 1 aliphatic heterocycles. The van der Waals surface area contributed by atoms with Gasteiger partial charge >= 0.3 is 5.97 Å². The molecule has 1 aliphatic rings. The van der Waals surface area contributed by atoms with Gasteiger partial charge < -0.3 is 20.7 Å². The second-order valence-corrected chi connectivity index (χ2v) is 10.3. The van der Waals surface area contributed by atoms with Gasteiger partial charge in [0.1, 0.15) is 6.04 Å². The Labute approximate surface area is 217 Å². The maximum absolute atomic E-state index is 13.1. The van der Waals surface area contributed by atoms with Crippen LogP contribution in [-0.2, 0) is 25.7 Å². The lowest BCUT2D eigenvalue weighted by atomic mass is 10.0. The normalized spacial score (nSPS) is 17.2. The van der Waals surface area contributed by atoms with Crippen molar-refractivity contribution < 1.29 is 19.1 Å². The summed E-state index contributed by atoms with van der Waals surface area (Å²) in [4.78, 5) is 42.0. The lowest BCUT2D eigenvalue weighted by Crippen LogP contribution is -2.51. The average molecular weight is 515 g/mol. The SMILES string of the molecule is COC(=O)[C@H](CCSC)NC(=O)CN(Cc1cccc2ccccc12)C[C@@H]1CCCN1C(=O)[C@H](C)N. The van der Waals surface area contributed by atoms with E-state index < -0.39 is 18.1 Å². The molecule has 0 aromatic heterocycles. The Hall–Kier alpha value is -2.62. The van der Waals surface area contributed by atoms with Crippen molar-refractivity contribution in [1.29, 1.82) is 0 Å². The molecule has 3 N–H and O–H groups in total. The number of methoxy groups -OCH3 is 1. The van der Waals surface area contributed by atoms with Crippen molar-refractivity contribution in [2.75, 3.05) is 38.8 Å². The van der Waals surface area contributed by atoms with E-state index in [2.05, 4.69) is 34.5 Å². The lowest BCUT2D eigenvalue weighted by Gasteiger charge is -2.32. The topological polar surface area (TPSA) is 105 Å². The summed E-state index contributed by atoms with van der Waals surface area (Å²) in [6.45, 7) is 3.58. The Morgan fingerprint density at radius 1 is 1.22 bits per heavy atom. The molecule has 2 aromatic rings. The molecule has 8 nitrogen and oxygen atoms in total. The highest BCUT2D eigenvalue weighted by atomic mass is 32.2. The van der Waals surface area contributed by atoms with Crippen LogP contribution in [0.3, 0.4) is 0 Å². The van der Waals surface area contributed by atoms with Gasteiger partial charge in [0.05, 0.1) is 19.7 Å². The van der Waals surface area contributed by atoms with Gasteiger partial charge in [-0.1, -0.05) is 42.5 Å². The molecule has 0 bridgehead atoms. The molecular weight excluding hydrogens is 476 g/mol. The number of nitrogens with one attached hydrogen (secondary N) is 1. The van der Waals surface area contributed by atoms with Gasteiger partial charge in [-0.25, -0.2) is 4.79 Å². The number of nitrogens with two attached hydrogens (primary N) is 1. The number of thioether (sulfide) groups is 1. The number of benzene rings is 2. The van der Waals surface area contributed by atoms with E-state index in [9.17, 15) is 14.4 Å². The van der Waals surface area contributed by atoms with Gasteiger partial charge in [-0.05, 0) is 54.5 Å². The minimum Gasteiger partial charge on any atom is -0.467 e. The minimum atomic E-state index is -0.683. The molecule has 0 aliphatic carbocycles. The van der Waals surface area contributed by atoms with Crippen LogP contribution in [0.4, 0.5) is 0 Å². The van der Waals surface area contributed by atoms with Crippen molar-refractivity contribution in [3.05, 3.63) is 48.0 Å². The van der Waals surface area contributed by atoms with Crippen molar-refractivity contribution in [2.45, 2.75) is 50.9 Å². The van der Waals surface area contributed by atoms with Crippen molar-refractivity contribution in [3.8, 4) is 0 Å². The minimum absolute atomic E-state index is 0.0147. The molecule has 3 atom stereocenters. The summed E-state index contributed by atoms with van der Waals surface area (Å²) in [5.74, 6) is -0.0110. The fourth-order valence-corrected chi connectivity index (χ4v) is 5.27. The largest absolute Gasteiger partial charge is 0.467 e. The number of hydrogen-bond donors (Lipinski definition) is 2. The summed E-state index contributed by atoms with van der Waals surface area (Å²) < 4.78 is 4.90. The molecule has 1 fully saturated rings. The van der Waals surface area contributed by atoms with Crippen LogP contribution in [0.2, 0.25) is 0 Å². The number of amides is 2. The van der Waals surface area contributed by atoms with Crippen molar-refractivity contribution in [3.63, 3.8) is 0 Å². The van der Waals surface area contributed by atoms with Crippen molar-refractivity contribution in [1.82, 2.24) is 15.1 Å². The number of rotatable bonds is 12. The van der Waals surface area contributed by atoms with Gasteiger partial charge in [-0.3, -0.25) is 14.5 Å². The van der Waals surface area contributed by atoms with Gasteiger partial charge in [-0.15, -0.1) is 0 Å². The molecule has 9 heteroatoms. The monoisotopic (exact) mass is 514 g/mol. The third-order valence-corrected chi connectivity index (χ3v) is 7.24. The molecule has 3 rings (SSSR count). The van der Waals surface area contributed by atoms with Gasteiger partial charge in [-0.2, -0.15) is 11.8 Å². The highest BCUT2D eigenvalue weighted by Gasteiger charge is 2.32. The number of ether oxygens (including phenoxy) is 1. The van der Waals surface area contributed by atoms with Crippen LogP contribution in [0.5, 0.6) is 0 Å². The summed E-state index contributed by atoms with van der Waals surface area (Å²) in [7, 11) is 1.33. The maximum atomic E-state index is 13.1. The van der Waals surface area contributed by atoms with Crippen LogP contribution >= 0.6 is 11.8 Å². The van der Waals surface area contributed by atoms with Crippen LogP contribution < -0.4 is 11.1 Å². The zero-order valence-corrected chi connectivity index (χ0v) is 22.3. The third-order valence-electron chi connectivity index (χ3n) is 6.59. The standard InChI is InChI=1S/C27H38N4O4S/c1-19(28)26(33)31-14-7-11-22(31)17-30(16-21-10-6-9-20-8-4-5-12-23(20)21)18-25(32)29-24(13-15-36-3)27(34)35-2/h4-6,8-10,12,19,22,24H,7,11,13-18,28H2,1-3H3,(H,29,32)/t19-,22-,24-/m0/s1. The summed E-state index contributed by atoms with van der Waals surface area (Å²) in [5, 5.41) is 5.13. The summed E-state index contributed by atoms with van der Waals surface area (Å²) >= 11 is 1.61. The van der Waals surface area contributed by atoms with E-state index in [0.29, 0.717) is 26.1 Å². The number of fused-ring (bicyclic) bond motifs is 1. The fraction of sp³-hybridized carbons (Fsp3) is 0.519. The maximum Gasteiger partial charge on any atom is 0.328 e. The molecule has 0 spiro atoms. The molecule has 0 radical (unpaired) electrons. The molecule has 0 saturated carbocycles. The van der Waals surface area contributed by atoms with E-state index in [-0.39, 0.29) is 24.4 Å². The number of carbonyl (C=O) groups excluding carboxylic acids is 3. The fourth-order valence-electron chi connectivity index (χ4n) is 4.80. The zero-order chi connectivity index (χ0) is 26.1. The summed E-state index contributed by atoms with van der Waals surface area (Å²) in [6.07, 6.45) is 4.24. The van der Waals surface area contributed by atoms with E-state index in [0.717, 1.165) is 34.9 Å². The quantitative estimate of drug-likeness (QED) is 0.419. The molecule has 1 heterocycles. The Morgan fingerprint density at radius 2 is 1.97 bits per heavy atom. The predicted molar refractivity (Wildman–Crippen MR) is 145 cm³/mol. The smallest absolute Gasteiger partial charge is 0.328 e. The van der Waals surface area contributed by atoms with Gasteiger partial charge in [0.2, 0.25) is 11.8 Å². The average Bonchev–Trinajstić information content (AvgIpc) is 3.33. The molecule has 196 valence electrons. The first-order valence-electron chi connectivity index (χ1n) is 12.4. The molecule has 2 aromatic carbocycles. The van der Waals surface area contributed by atoms with E-state index in [4.69, 9.17) is 10.5 Å². The Balaban J connectivity index is 1.80. The number of hydrogen-bond acceptors (Lipinski definition) is 7. The highest BCUT2D eigenvalue weighted by molar-refractivity contribution is 7.98. The van der Waals surface area contributed by atoms with Crippen LogP contribution in [0, 0.1) is 0 Å². The van der Waals surface area contributed by atoms with Crippen LogP contribution in [0.1, 0.15) is 31.7 Å². The van der Waals surface area contributed by atoms with Crippen molar-refractivity contribution in [2.24, 2.45) is 5.73 Å². The lowest BCUT2D eigenvalue weighted by molar-refractivity contribution is -0.145. The number of likely N-dealkylation sites (tertiary alicyclic amines) is 1. The third kappa shape index (κ3) is 7.44. The summed E-state index contributed by atoms with van der Waals surface area (Å²) in [5.41, 5.74) is 7.00. The number of esters is 1. The van der Waals surface area contributed by atoms with Gasteiger partial charge in [0, 0.05) is 25.7 Å². The zero-order valence-electron chi connectivity index (χ0n) is 21.4. The van der Waals surface area contributed by atoms with Crippen LogP contribution in [0.15, 0.2) is 42.5 Å². The first kappa shape index (κ1) is 28.0. The Morgan fingerprint density at radius 3 is 2.69 bits per heavy atom. The van der Waals surface area contributed by atoms with E-state index in [1.54, 1.807) is 18.7 Å². The van der Waals surface area contributed by atoms with Crippen LogP contribution in [-0.4, -0.2) is 84.5 Å². The Kier molecular flexibility index (Phi) is 10.6. The molecule has 36 heavy (non-hydrogen) atoms. The van der Waals surface area contributed by atoms with E-state index in [1.165, 1.54) is 7.11 Å². The number of nitrogens with zero attached hydrogens (tertiary/aromatic N) is 2. The summed E-state index contributed by atoms with van der Waals surface area (Å²) in [6, 6.07) is 13.1. The first-order chi connectivity index (χ1) is 17.3. The molecule has 2 amide bonds. The highest BCUT2D eigenvalue weighted by Crippen LogP contribution is 2.23. The van der Waals surface area contributed by atoms with E-state index >= 15 is 0 Å². The molecule has 0 unspecified atom stereocenters. The van der Waals surface area contributed by atoms with Crippen molar-refractivity contribution >= 4 is 40.3 Å². The van der Waals surface area contributed by atoms with Gasteiger partial charge in [0.15, 0.2) is 0 Å². The van der Waals surface area contributed by atoms with Crippen LogP contribution in [0.25, 0.3) is 10.8 Å². The number of carbonyl (C=O) groups is 3. The van der Waals surface area contributed by atoms with E-state index in [1.807, 2.05) is 29.4 Å². The first-order valence-corrected chi connectivity index (χ1v) is 13.8. The van der Waals surface area contributed by atoms with Gasteiger partial charge in [0.25, 0.3) is 0 Å². The molecule has 1 saturated heterocycles. The molecular formula is C27H38N4O4S.